The SMILES string of the molecule is C[N+](C)(CCCN1CCOC1=O)Cc1ccccc1. The second-order valence-electron chi connectivity index (χ2n) is 5.76. The molecule has 2 rings (SSSR count). The Balaban J connectivity index is 1.76. The molecule has 0 atom stereocenters. The predicted octanol–water partition coefficient (Wildman–Crippen LogP) is 2.11. The highest BCUT2D eigenvalue weighted by molar-refractivity contribution is 5.69. The fourth-order valence-electron chi connectivity index (χ4n) is 2.48. The van der Waals surface area contributed by atoms with Gasteiger partial charge in [0.2, 0.25) is 0 Å². The van der Waals surface area contributed by atoms with Gasteiger partial charge >= 0.3 is 6.09 Å². The van der Waals surface area contributed by atoms with Gasteiger partial charge in [-0.2, -0.15) is 0 Å². The molecule has 1 heterocycles. The maximum absolute atomic E-state index is 11.3. The molecule has 4 nitrogen and oxygen atoms in total. The maximum atomic E-state index is 11.3. The number of cyclic esters (lactones) is 1. The number of hydrogen-bond acceptors (Lipinski definition) is 2. The molecule has 0 aromatic heterocycles. The second kappa shape index (κ2) is 6.06. The lowest BCUT2D eigenvalue weighted by Crippen LogP contribution is -2.41. The van der Waals surface area contributed by atoms with Crippen LogP contribution >= 0.6 is 0 Å². The van der Waals surface area contributed by atoms with Gasteiger partial charge in [-0.15, -0.1) is 0 Å². The topological polar surface area (TPSA) is 29.5 Å². The highest BCUT2D eigenvalue weighted by Gasteiger charge is 2.23. The molecule has 104 valence electrons. The standard InChI is InChI=1S/C15H23N2O2/c1-17(2,13-14-7-4-3-5-8-14)11-6-9-16-10-12-19-15(16)18/h3-5,7-8H,6,9-13H2,1-2H3/q+1. The van der Waals surface area contributed by atoms with E-state index in [-0.39, 0.29) is 6.09 Å². The van der Waals surface area contributed by atoms with Crippen molar-refractivity contribution >= 4 is 6.09 Å². The predicted molar refractivity (Wildman–Crippen MR) is 74.7 cm³/mol. The quantitative estimate of drug-likeness (QED) is 0.736. The first-order chi connectivity index (χ1) is 9.07. The summed E-state index contributed by atoms with van der Waals surface area (Å²) < 4.78 is 5.86. The van der Waals surface area contributed by atoms with Gasteiger partial charge in [-0.05, 0) is 0 Å². The number of nitrogens with zero attached hydrogens (tertiary/aromatic N) is 2. The van der Waals surface area contributed by atoms with Crippen molar-refractivity contribution in [3.8, 4) is 0 Å². The minimum absolute atomic E-state index is 0.159. The van der Waals surface area contributed by atoms with Gasteiger partial charge in [-0.3, -0.25) is 0 Å². The minimum Gasteiger partial charge on any atom is -0.448 e. The zero-order valence-corrected chi connectivity index (χ0v) is 11.8. The first-order valence-corrected chi connectivity index (χ1v) is 6.84. The lowest BCUT2D eigenvalue weighted by molar-refractivity contribution is -0.903. The molecule has 19 heavy (non-hydrogen) atoms. The van der Waals surface area contributed by atoms with Crippen molar-refractivity contribution in [1.82, 2.24) is 4.90 Å². The summed E-state index contributed by atoms with van der Waals surface area (Å²) in [4.78, 5) is 13.1. The van der Waals surface area contributed by atoms with E-state index in [1.807, 2.05) is 6.07 Å². The fraction of sp³-hybridized carbons (Fsp3) is 0.533. The summed E-state index contributed by atoms with van der Waals surface area (Å²) in [6, 6.07) is 10.5. The van der Waals surface area contributed by atoms with Crippen molar-refractivity contribution in [3.63, 3.8) is 0 Å². The molecule has 4 heteroatoms. The van der Waals surface area contributed by atoms with E-state index in [4.69, 9.17) is 4.74 Å². The van der Waals surface area contributed by atoms with E-state index in [1.165, 1.54) is 5.56 Å². The van der Waals surface area contributed by atoms with Crippen molar-refractivity contribution in [2.75, 3.05) is 40.3 Å². The van der Waals surface area contributed by atoms with E-state index in [9.17, 15) is 4.79 Å². The number of carbonyl (C=O) groups excluding carboxylic acids is 1. The van der Waals surface area contributed by atoms with E-state index in [2.05, 4.69) is 38.4 Å². The highest BCUT2D eigenvalue weighted by Crippen LogP contribution is 2.11. The van der Waals surface area contributed by atoms with Crippen LogP contribution in [0.2, 0.25) is 0 Å². The molecule has 0 unspecified atom stereocenters. The molecule has 0 spiro atoms. The Labute approximate surface area is 115 Å². The van der Waals surface area contributed by atoms with Gasteiger partial charge in [-0.25, -0.2) is 4.79 Å². The molecule has 0 bridgehead atoms. The van der Waals surface area contributed by atoms with Crippen molar-refractivity contribution < 1.29 is 14.0 Å². The van der Waals surface area contributed by atoms with Gasteiger partial charge in [0.15, 0.2) is 0 Å². The molecular formula is C15H23N2O2+. The normalized spacial score (nSPS) is 15.7. The van der Waals surface area contributed by atoms with Gasteiger partial charge < -0.3 is 14.1 Å². The van der Waals surface area contributed by atoms with Crippen LogP contribution in [0, 0.1) is 0 Å². The van der Waals surface area contributed by atoms with Crippen LogP contribution in [0.5, 0.6) is 0 Å². The molecule has 1 aliphatic rings. The van der Waals surface area contributed by atoms with Crippen molar-refractivity contribution in [1.29, 1.82) is 0 Å². The van der Waals surface area contributed by atoms with E-state index >= 15 is 0 Å². The molecular weight excluding hydrogens is 240 g/mol. The van der Waals surface area contributed by atoms with Crippen LogP contribution in [-0.2, 0) is 11.3 Å². The summed E-state index contributed by atoms with van der Waals surface area (Å²) in [6.45, 7) is 4.16. The fourth-order valence-corrected chi connectivity index (χ4v) is 2.48. The Morgan fingerprint density at radius 1 is 1.26 bits per heavy atom. The molecule has 0 saturated carbocycles. The first kappa shape index (κ1) is 13.9. The number of rotatable bonds is 6. The van der Waals surface area contributed by atoms with Gasteiger partial charge in [-0.1, -0.05) is 30.3 Å². The van der Waals surface area contributed by atoms with Crippen LogP contribution in [0.25, 0.3) is 0 Å². The summed E-state index contributed by atoms with van der Waals surface area (Å²) in [5, 5.41) is 0. The number of ether oxygens (including phenoxy) is 1. The first-order valence-electron chi connectivity index (χ1n) is 6.84. The zero-order valence-electron chi connectivity index (χ0n) is 11.8. The third-order valence-corrected chi connectivity index (χ3v) is 3.49. The minimum atomic E-state index is -0.159. The van der Waals surface area contributed by atoms with Gasteiger partial charge in [0, 0.05) is 18.5 Å². The number of amides is 1. The molecule has 1 saturated heterocycles. The highest BCUT2D eigenvalue weighted by atomic mass is 16.6. The summed E-state index contributed by atoms with van der Waals surface area (Å²) in [7, 11) is 4.46. The second-order valence-corrected chi connectivity index (χ2v) is 5.76. The Morgan fingerprint density at radius 3 is 2.63 bits per heavy atom. The van der Waals surface area contributed by atoms with Crippen LogP contribution in [0.15, 0.2) is 30.3 Å². The van der Waals surface area contributed by atoms with E-state index in [1.54, 1.807) is 4.90 Å². The van der Waals surface area contributed by atoms with Crippen LogP contribution in [-0.4, -0.2) is 55.8 Å². The van der Waals surface area contributed by atoms with E-state index in [0.717, 1.165) is 37.1 Å². The van der Waals surface area contributed by atoms with Crippen molar-refractivity contribution in [2.24, 2.45) is 0 Å². The van der Waals surface area contributed by atoms with Gasteiger partial charge in [0.25, 0.3) is 0 Å². The summed E-state index contributed by atoms with van der Waals surface area (Å²) in [5.74, 6) is 0. The lowest BCUT2D eigenvalue weighted by atomic mass is 10.2. The molecule has 0 radical (unpaired) electrons. The van der Waals surface area contributed by atoms with Crippen LogP contribution in [0.1, 0.15) is 12.0 Å². The van der Waals surface area contributed by atoms with Crippen molar-refractivity contribution in [2.45, 2.75) is 13.0 Å². The molecule has 1 aliphatic heterocycles. The van der Waals surface area contributed by atoms with Gasteiger partial charge in [0.1, 0.15) is 13.2 Å². The van der Waals surface area contributed by atoms with Crippen LogP contribution in [0.3, 0.4) is 0 Å². The van der Waals surface area contributed by atoms with Gasteiger partial charge in [0.05, 0.1) is 27.2 Å². The smallest absolute Gasteiger partial charge is 0.409 e. The number of benzene rings is 1. The van der Waals surface area contributed by atoms with Crippen LogP contribution < -0.4 is 0 Å². The monoisotopic (exact) mass is 263 g/mol. The maximum Gasteiger partial charge on any atom is 0.409 e. The summed E-state index contributed by atoms with van der Waals surface area (Å²) >= 11 is 0. The molecule has 1 aromatic carbocycles. The Bertz CT molecular complexity index is 417. The van der Waals surface area contributed by atoms with E-state index in [0.29, 0.717) is 6.61 Å². The Hall–Kier alpha value is -1.55. The summed E-state index contributed by atoms with van der Waals surface area (Å²) in [6.07, 6.45) is 0.850. The molecule has 0 aliphatic carbocycles. The summed E-state index contributed by atoms with van der Waals surface area (Å²) in [5.41, 5.74) is 1.35. The third-order valence-electron chi connectivity index (χ3n) is 3.49. The Morgan fingerprint density at radius 2 is 2.00 bits per heavy atom. The number of carbonyl (C=O) groups is 1. The number of quaternary nitrogens is 1. The van der Waals surface area contributed by atoms with E-state index < -0.39 is 0 Å². The average Bonchev–Trinajstić information content (AvgIpc) is 2.76. The molecule has 1 amide bonds. The van der Waals surface area contributed by atoms with Crippen molar-refractivity contribution in [3.05, 3.63) is 35.9 Å². The Kier molecular flexibility index (Phi) is 4.43. The third kappa shape index (κ3) is 4.24. The largest absolute Gasteiger partial charge is 0.448 e. The number of hydrogen-bond donors (Lipinski definition) is 0. The molecule has 1 aromatic rings. The molecule has 0 N–H and O–H groups in total. The molecule has 1 fully saturated rings. The average molecular weight is 263 g/mol. The van der Waals surface area contributed by atoms with Crippen LogP contribution in [0.4, 0.5) is 4.79 Å². The zero-order chi connectivity index (χ0) is 13.7. The lowest BCUT2D eigenvalue weighted by Gasteiger charge is -2.30.